The first-order chi connectivity index (χ1) is 13.2. The average Bonchev–Trinajstić information content (AvgIpc) is 3.16. The van der Waals surface area contributed by atoms with Crippen LogP contribution in [0, 0.1) is 5.92 Å². The number of rotatable bonds is 4. The zero-order chi connectivity index (χ0) is 18.6. The van der Waals surface area contributed by atoms with Crippen molar-refractivity contribution in [2.24, 2.45) is 11.7 Å². The molecule has 2 fully saturated rings. The molecule has 2 atom stereocenters. The molecule has 1 heterocycles. The summed E-state index contributed by atoms with van der Waals surface area (Å²) in [4.78, 5) is 17.4. The van der Waals surface area contributed by atoms with Gasteiger partial charge in [-0.3, -0.25) is 9.69 Å². The number of amides is 1. The molecule has 0 spiro atoms. The molecule has 0 bridgehead atoms. The van der Waals surface area contributed by atoms with Crippen molar-refractivity contribution in [3.05, 3.63) is 71.8 Å². The Hall–Kier alpha value is -2.17. The van der Waals surface area contributed by atoms with Crippen molar-refractivity contribution in [3.8, 4) is 0 Å². The molecule has 27 heavy (non-hydrogen) atoms. The van der Waals surface area contributed by atoms with Crippen LogP contribution < -0.4 is 5.73 Å². The van der Waals surface area contributed by atoms with Gasteiger partial charge in [0.25, 0.3) is 0 Å². The third-order valence-electron chi connectivity index (χ3n) is 6.04. The van der Waals surface area contributed by atoms with Crippen LogP contribution in [0.1, 0.15) is 36.4 Å². The maximum absolute atomic E-state index is 12.8. The second-order valence-corrected chi connectivity index (χ2v) is 7.86. The van der Waals surface area contributed by atoms with Gasteiger partial charge in [-0.25, -0.2) is 0 Å². The smallest absolute Gasteiger partial charge is 0.225 e. The topological polar surface area (TPSA) is 49.6 Å². The number of hydrogen-bond donors (Lipinski definition) is 1. The molecule has 4 heteroatoms. The van der Waals surface area contributed by atoms with Gasteiger partial charge in [-0.1, -0.05) is 60.7 Å². The monoisotopic (exact) mass is 363 g/mol. The van der Waals surface area contributed by atoms with Gasteiger partial charge in [0, 0.05) is 38.1 Å². The summed E-state index contributed by atoms with van der Waals surface area (Å²) in [5.41, 5.74) is 8.62. The van der Waals surface area contributed by atoms with Crippen molar-refractivity contribution in [1.82, 2.24) is 9.80 Å². The molecular formula is C23H29N3O. The van der Waals surface area contributed by atoms with E-state index in [1.807, 2.05) is 0 Å². The standard InChI is InChI=1S/C23H29N3O/c24-21-12-11-20(17-21)23(27)26-15-13-25(14-16-26)22(18-7-3-1-4-8-18)19-9-5-2-6-10-19/h1-10,20-22H,11-17,24H2. The zero-order valence-corrected chi connectivity index (χ0v) is 15.8. The lowest BCUT2D eigenvalue weighted by Crippen LogP contribution is -2.51. The quantitative estimate of drug-likeness (QED) is 0.908. The SMILES string of the molecule is NC1CCC(C(=O)N2CCN(C(c3ccccc3)c3ccccc3)CC2)C1. The van der Waals surface area contributed by atoms with Crippen LogP contribution >= 0.6 is 0 Å². The lowest BCUT2D eigenvalue weighted by atomic mass is 9.96. The Morgan fingerprint density at radius 3 is 1.89 bits per heavy atom. The Kier molecular flexibility index (Phi) is 5.55. The molecule has 1 aliphatic heterocycles. The maximum atomic E-state index is 12.8. The molecule has 0 aromatic heterocycles. The van der Waals surface area contributed by atoms with Crippen molar-refractivity contribution in [2.45, 2.75) is 31.3 Å². The van der Waals surface area contributed by atoms with E-state index in [0.29, 0.717) is 5.91 Å². The molecule has 1 amide bonds. The van der Waals surface area contributed by atoms with Crippen LogP contribution in [-0.4, -0.2) is 47.9 Å². The summed E-state index contributed by atoms with van der Waals surface area (Å²) in [5.74, 6) is 0.462. The Bertz CT molecular complexity index is 701. The summed E-state index contributed by atoms with van der Waals surface area (Å²) in [6, 6.07) is 21.8. The van der Waals surface area contributed by atoms with E-state index in [1.54, 1.807) is 0 Å². The van der Waals surface area contributed by atoms with Crippen LogP contribution in [0.25, 0.3) is 0 Å². The molecule has 2 N–H and O–H groups in total. The van der Waals surface area contributed by atoms with Gasteiger partial charge in [0.2, 0.25) is 5.91 Å². The molecule has 142 valence electrons. The van der Waals surface area contributed by atoms with E-state index < -0.39 is 0 Å². The highest BCUT2D eigenvalue weighted by Crippen LogP contribution is 2.31. The Morgan fingerprint density at radius 2 is 1.41 bits per heavy atom. The van der Waals surface area contributed by atoms with Gasteiger partial charge < -0.3 is 10.6 Å². The normalized spacial score (nSPS) is 23.7. The zero-order valence-electron chi connectivity index (χ0n) is 15.8. The van der Waals surface area contributed by atoms with E-state index >= 15 is 0 Å². The fourth-order valence-corrected chi connectivity index (χ4v) is 4.58. The minimum atomic E-state index is 0.144. The average molecular weight is 364 g/mol. The largest absolute Gasteiger partial charge is 0.340 e. The predicted octanol–water partition coefficient (Wildman–Crippen LogP) is 3.05. The van der Waals surface area contributed by atoms with Gasteiger partial charge in [-0.05, 0) is 30.4 Å². The van der Waals surface area contributed by atoms with Crippen molar-refractivity contribution < 1.29 is 4.79 Å². The molecular weight excluding hydrogens is 334 g/mol. The first-order valence-electron chi connectivity index (χ1n) is 10.1. The molecule has 1 aliphatic carbocycles. The highest BCUT2D eigenvalue weighted by Gasteiger charge is 2.34. The minimum absolute atomic E-state index is 0.144. The second-order valence-electron chi connectivity index (χ2n) is 7.86. The molecule has 4 nitrogen and oxygen atoms in total. The van der Waals surface area contributed by atoms with Gasteiger partial charge in [0.05, 0.1) is 6.04 Å². The highest BCUT2D eigenvalue weighted by atomic mass is 16.2. The number of carbonyl (C=O) groups excluding carboxylic acids is 1. The fraction of sp³-hybridized carbons (Fsp3) is 0.435. The van der Waals surface area contributed by atoms with Gasteiger partial charge in [0.15, 0.2) is 0 Å². The second kappa shape index (κ2) is 8.24. The summed E-state index contributed by atoms with van der Waals surface area (Å²) >= 11 is 0. The van der Waals surface area contributed by atoms with Crippen LogP contribution in [-0.2, 0) is 4.79 Å². The summed E-state index contributed by atoms with van der Waals surface area (Å²) in [6.45, 7) is 3.42. The number of hydrogen-bond acceptors (Lipinski definition) is 3. The maximum Gasteiger partial charge on any atom is 0.225 e. The molecule has 0 radical (unpaired) electrons. The molecule has 2 aliphatic rings. The lowest BCUT2D eigenvalue weighted by Gasteiger charge is -2.40. The van der Waals surface area contributed by atoms with Crippen molar-refractivity contribution in [1.29, 1.82) is 0 Å². The van der Waals surface area contributed by atoms with Gasteiger partial charge in [-0.15, -0.1) is 0 Å². The number of benzene rings is 2. The van der Waals surface area contributed by atoms with E-state index in [4.69, 9.17) is 5.73 Å². The van der Waals surface area contributed by atoms with Gasteiger partial charge in [0.1, 0.15) is 0 Å². The third-order valence-corrected chi connectivity index (χ3v) is 6.04. The Balaban J connectivity index is 1.47. The third kappa shape index (κ3) is 4.07. The van der Waals surface area contributed by atoms with Gasteiger partial charge in [-0.2, -0.15) is 0 Å². The summed E-state index contributed by atoms with van der Waals surface area (Å²) in [5, 5.41) is 0. The van der Waals surface area contributed by atoms with Crippen molar-refractivity contribution >= 4 is 5.91 Å². The minimum Gasteiger partial charge on any atom is -0.340 e. The van der Waals surface area contributed by atoms with E-state index in [1.165, 1.54) is 11.1 Å². The lowest BCUT2D eigenvalue weighted by molar-refractivity contribution is -0.137. The van der Waals surface area contributed by atoms with E-state index in [-0.39, 0.29) is 18.0 Å². The summed E-state index contributed by atoms with van der Waals surface area (Å²) in [7, 11) is 0. The van der Waals surface area contributed by atoms with Crippen LogP contribution in [0.5, 0.6) is 0 Å². The van der Waals surface area contributed by atoms with Crippen LogP contribution in [0.2, 0.25) is 0 Å². The van der Waals surface area contributed by atoms with Crippen molar-refractivity contribution in [3.63, 3.8) is 0 Å². The molecule has 1 saturated carbocycles. The number of piperazine rings is 1. The van der Waals surface area contributed by atoms with E-state index in [9.17, 15) is 4.79 Å². The van der Waals surface area contributed by atoms with Crippen LogP contribution in [0.4, 0.5) is 0 Å². The van der Waals surface area contributed by atoms with E-state index in [0.717, 1.165) is 45.4 Å². The van der Waals surface area contributed by atoms with Crippen molar-refractivity contribution in [2.75, 3.05) is 26.2 Å². The summed E-state index contributed by atoms with van der Waals surface area (Å²) in [6.07, 6.45) is 2.80. The fourth-order valence-electron chi connectivity index (χ4n) is 4.58. The van der Waals surface area contributed by atoms with Gasteiger partial charge >= 0.3 is 0 Å². The number of nitrogens with two attached hydrogens (primary N) is 1. The first-order valence-corrected chi connectivity index (χ1v) is 10.1. The Morgan fingerprint density at radius 1 is 0.852 bits per heavy atom. The van der Waals surface area contributed by atoms with Crippen LogP contribution in [0.3, 0.4) is 0 Å². The predicted molar refractivity (Wildman–Crippen MR) is 108 cm³/mol. The summed E-state index contributed by atoms with van der Waals surface area (Å²) < 4.78 is 0. The number of carbonyl (C=O) groups is 1. The molecule has 1 saturated heterocycles. The molecule has 2 aromatic carbocycles. The molecule has 4 rings (SSSR count). The highest BCUT2D eigenvalue weighted by molar-refractivity contribution is 5.79. The number of nitrogens with zero attached hydrogens (tertiary/aromatic N) is 2. The Labute approximate surface area is 162 Å². The first kappa shape index (κ1) is 18.2. The molecule has 2 aromatic rings. The molecule has 2 unspecified atom stereocenters. The van der Waals surface area contributed by atoms with E-state index in [2.05, 4.69) is 70.5 Å². The van der Waals surface area contributed by atoms with Crippen LogP contribution in [0.15, 0.2) is 60.7 Å².